The van der Waals surface area contributed by atoms with Gasteiger partial charge in [0.15, 0.2) is 0 Å². The molecule has 5 aliphatic rings. The molecule has 73 heavy (non-hydrogen) atoms. The van der Waals surface area contributed by atoms with Crippen LogP contribution in [0.25, 0.3) is 5.57 Å². The van der Waals surface area contributed by atoms with Crippen molar-refractivity contribution >= 4 is 72.8 Å². The third kappa shape index (κ3) is 8.86. The van der Waals surface area contributed by atoms with Gasteiger partial charge in [-0.05, 0) is 105 Å². The van der Waals surface area contributed by atoms with Gasteiger partial charge in [0.05, 0.1) is 16.1 Å². The van der Waals surface area contributed by atoms with Gasteiger partial charge in [-0.25, -0.2) is 32.2 Å². The number of nitrogens with zero attached hydrogens (tertiary/aromatic N) is 4. The summed E-state index contributed by atoms with van der Waals surface area (Å²) in [6.07, 6.45) is -0.880. The molecule has 0 spiro atoms. The Hall–Kier alpha value is -7.89. The zero-order valence-electron chi connectivity index (χ0n) is 39.1. The first-order valence-corrected chi connectivity index (χ1v) is 26.3. The summed E-state index contributed by atoms with van der Waals surface area (Å²) in [6, 6.07) is 14.5. The summed E-state index contributed by atoms with van der Waals surface area (Å²) >= 11 is 0. The van der Waals surface area contributed by atoms with E-state index in [-0.39, 0.29) is 32.5 Å². The summed E-state index contributed by atoms with van der Waals surface area (Å²) in [5.74, 6) is 0.535. The van der Waals surface area contributed by atoms with Gasteiger partial charge in [-0.15, -0.1) is 0 Å². The highest BCUT2D eigenvalue weighted by molar-refractivity contribution is 7.92. The number of anilines is 4. The summed E-state index contributed by atoms with van der Waals surface area (Å²) < 4.78 is 90.2. The van der Waals surface area contributed by atoms with E-state index in [4.69, 9.17) is 14.2 Å². The molecular formula is C50H48N5O16S2+. The van der Waals surface area contributed by atoms with E-state index >= 15 is 0 Å². The number of hydrogen-bond acceptors (Lipinski definition) is 12. The van der Waals surface area contributed by atoms with Crippen molar-refractivity contribution in [2.75, 3.05) is 58.8 Å². The fourth-order valence-electron chi connectivity index (χ4n) is 10.8. The molecule has 0 bridgehead atoms. The van der Waals surface area contributed by atoms with Crippen LogP contribution in [-0.4, -0.2) is 106 Å². The molecule has 0 aliphatic carbocycles. The summed E-state index contributed by atoms with van der Waals surface area (Å²) in [4.78, 5) is 48.8. The largest absolute Gasteiger partial charge is 0.488 e. The van der Waals surface area contributed by atoms with E-state index in [9.17, 15) is 61.0 Å². The van der Waals surface area contributed by atoms with Gasteiger partial charge < -0.3 is 39.5 Å². The number of fused-ring (bicyclic) bond motifs is 4. The van der Waals surface area contributed by atoms with Crippen LogP contribution in [-0.2, 0) is 45.8 Å². The van der Waals surface area contributed by atoms with Crippen LogP contribution in [0.2, 0.25) is 0 Å². The Labute approximate surface area is 417 Å². The Balaban J connectivity index is 1.04. The number of nitrogens with one attached hydrogen (secondary N) is 1. The van der Waals surface area contributed by atoms with Gasteiger partial charge in [0.25, 0.3) is 20.1 Å². The molecule has 4 amide bonds. The monoisotopic (exact) mass is 1040 g/mol. The predicted molar refractivity (Wildman–Crippen MR) is 263 cm³/mol. The normalized spacial score (nSPS) is 15.4. The summed E-state index contributed by atoms with van der Waals surface area (Å²) in [6.45, 7) is 4.27. The van der Waals surface area contributed by atoms with E-state index in [0.717, 1.165) is 135 Å². The maximum absolute atomic E-state index is 14.3. The van der Waals surface area contributed by atoms with E-state index in [1.165, 1.54) is 30.3 Å². The van der Waals surface area contributed by atoms with E-state index in [2.05, 4.69) is 14.2 Å². The van der Waals surface area contributed by atoms with Gasteiger partial charge >= 0.3 is 24.4 Å². The number of ether oxygens (including phenoxy) is 3. The first-order valence-electron chi connectivity index (χ1n) is 23.4. The molecule has 0 aromatic heterocycles. The first kappa shape index (κ1) is 48.7. The minimum atomic E-state index is -5.17. The van der Waals surface area contributed by atoms with Crippen LogP contribution in [0.3, 0.4) is 0 Å². The molecule has 6 N–H and O–H groups in total. The van der Waals surface area contributed by atoms with Crippen molar-refractivity contribution in [1.82, 2.24) is 4.58 Å². The Morgan fingerprint density at radius 2 is 1.29 bits per heavy atom. The number of carboxylic acid groups (broad SMARTS) is 4. The number of imide groups is 2. The van der Waals surface area contributed by atoms with Gasteiger partial charge in [0, 0.05) is 70.7 Å². The number of rotatable bonds is 12. The minimum Gasteiger partial charge on any atom is -0.488 e. The van der Waals surface area contributed by atoms with Gasteiger partial charge in [0.2, 0.25) is 5.36 Å². The molecule has 21 nitrogen and oxygen atoms in total. The number of aryl methyl sites for hydroxylation is 3. The van der Waals surface area contributed by atoms with E-state index in [0.29, 0.717) is 33.4 Å². The Morgan fingerprint density at radius 1 is 0.685 bits per heavy atom. The van der Waals surface area contributed by atoms with Crippen molar-refractivity contribution < 1.29 is 75.2 Å². The molecular weight excluding hydrogens is 991 g/mol. The highest BCUT2D eigenvalue weighted by Gasteiger charge is 2.38. The smallest absolute Gasteiger partial charge is 0.421 e. The Bertz CT molecular complexity index is 3570. The van der Waals surface area contributed by atoms with E-state index in [1.807, 2.05) is 12.1 Å². The standard InChI is InChI=1S/C50H47N5O16S2/c1-27-10-14-37(54(47(56)57)48(58)59)39(22-27)69-20-21-70-40-25-30(11-15-38(40)55(49(60)61)50(62)63)51-72(64,65)31-12-13-32(41(26-31)73(66,67)68)42-35-23-28-6-2-16-52-18-4-8-33(43(28)52)45(35)71-46-34-9-5-19-53-17-3-7-29(44(34)53)24-36(42)46/h10-15,22-26,51H,2-9,16-21H2,1H3,(H4-,56,57,58,59,60,61,62,63,66,67,68)/p+1. The maximum Gasteiger partial charge on any atom is 0.421 e. The molecule has 5 aliphatic heterocycles. The average Bonchev–Trinajstić information content (AvgIpc) is 3.33. The van der Waals surface area contributed by atoms with Crippen LogP contribution in [0.5, 0.6) is 23.0 Å². The topological polar surface area (TPSA) is 290 Å². The second-order valence-corrected chi connectivity index (χ2v) is 21.3. The molecule has 380 valence electrons. The lowest BCUT2D eigenvalue weighted by molar-refractivity contribution is 0.180. The van der Waals surface area contributed by atoms with Crippen LogP contribution in [0.15, 0.2) is 76.5 Å². The van der Waals surface area contributed by atoms with Crippen molar-refractivity contribution in [2.45, 2.75) is 68.1 Å². The molecule has 0 unspecified atom stereocenters. The summed E-state index contributed by atoms with van der Waals surface area (Å²) in [5, 5.41) is 40.5. The molecule has 5 aromatic rings. The van der Waals surface area contributed by atoms with Crippen molar-refractivity contribution in [3.05, 3.63) is 116 Å². The third-order valence-electron chi connectivity index (χ3n) is 13.7. The van der Waals surface area contributed by atoms with Crippen molar-refractivity contribution in [1.29, 1.82) is 0 Å². The molecule has 0 saturated heterocycles. The number of amides is 4. The van der Waals surface area contributed by atoms with Crippen LogP contribution < -0.4 is 48.8 Å². The van der Waals surface area contributed by atoms with Crippen molar-refractivity contribution in [3.8, 4) is 23.0 Å². The Morgan fingerprint density at radius 3 is 1.95 bits per heavy atom. The molecule has 0 saturated carbocycles. The fraction of sp³-hybridized carbons (Fsp3) is 0.300. The first-order chi connectivity index (χ1) is 34.8. The second-order valence-electron chi connectivity index (χ2n) is 18.2. The minimum absolute atomic E-state index is 0.0264. The van der Waals surface area contributed by atoms with E-state index < -0.39 is 79.0 Å². The molecule has 23 heteroatoms. The SMILES string of the molecule is Cc1ccc(N(C(=O)O)C(=O)O)c(OCCOc2cc(NS(=O)(=O)c3ccc(C4=c5cc6c7c(c5Oc5c4cc4c8c5CCCN8CCC4)CCC[N+]=7CCC6)c(S(=O)(=O)O)c3)ccc2N(C(=O)O)C(=O)O)c1. The molecule has 0 radical (unpaired) electrons. The number of carbonyl (C=O) groups is 4. The van der Waals surface area contributed by atoms with Crippen LogP contribution in [0.1, 0.15) is 64.6 Å². The highest BCUT2D eigenvalue weighted by atomic mass is 32.2. The zero-order valence-corrected chi connectivity index (χ0v) is 40.7. The quantitative estimate of drug-likeness (QED) is 0.0448. The predicted octanol–water partition coefficient (Wildman–Crippen LogP) is 6.26. The van der Waals surface area contributed by atoms with Gasteiger partial charge in [-0.2, -0.15) is 18.2 Å². The third-order valence-corrected chi connectivity index (χ3v) is 15.9. The lowest BCUT2D eigenvalue weighted by atomic mass is 9.82. The zero-order chi connectivity index (χ0) is 51.7. The van der Waals surface area contributed by atoms with Crippen LogP contribution in [0.4, 0.5) is 41.9 Å². The Kier molecular flexibility index (Phi) is 12.4. The maximum atomic E-state index is 14.3. The van der Waals surface area contributed by atoms with Crippen molar-refractivity contribution in [2.24, 2.45) is 0 Å². The molecule has 0 fully saturated rings. The molecule has 5 aromatic carbocycles. The van der Waals surface area contributed by atoms with E-state index in [1.54, 1.807) is 6.92 Å². The number of benzene rings is 5. The van der Waals surface area contributed by atoms with Crippen LogP contribution in [0, 0.1) is 6.92 Å². The molecule has 10 rings (SSSR count). The molecule has 5 heterocycles. The van der Waals surface area contributed by atoms with Gasteiger partial charge in [-0.3, -0.25) is 9.27 Å². The second kappa shape index (κ2) is 18.6. The van der Waals surface area contributed by atoms with Gasteiger partial charge in [-0.1, -0.05) is 12.1 Å². The average molecular weight is 1040 g/mol. The van der Waals surface area contributed by atoms with Crippen molar-refractivity contribution in [3.63, 3.8) is 0 Å². The summed E-state index contributed by atoms with van der Waals surface area (Å²) in [7, 11) is -9.95. The summed E-state index contributed by atoms with van der Waals surface area (Å²) in [5.41, 5.74) is 5.87. The lowest BCUT2D eigenvalue weighted by Crippen LogP contribution is -2.45. The molecule has 0 atom stereocenters. The van der Waals surface area contributed by atoms with Crippen LogP contribution >= 0.6 is 0 Å². The lowest BCUT2D eigenvalue weighted by Gasteiger charge is -2.39. The highest BCUT2D eigenvalue weighted by Crippen LogP contribution is 2.49. The fourth-order valence-corrected chi connectivity index (χ4v) is 12.7. The number of sulfonamides is 1. The number of hydrogen-bond donors (Lipinski definition) is 6. The van der Waals surface area contributed by atoms with Gasteiger partial charge in [0.1, 0.15) is 65.6 Å².